The molecule has 3 rings (SSSR count). The summed E-state index contributed by atoms with van der Waals surface area (Å²) in [5.41, 5.74) is 1.76. The molecule has 0 saturated carbocycles. The summed E-state index contributed by atoms with van der Waals surface area (Å²) in [6.45, 7) is 1.83. The van der Waals surface area contributed by atoms with Gasteiger partial charge in [-0.25, -0.2) is 0 Å². The minimum atomic E-state index is -0.0603. The molecule has 2 N–H and O–H groups in total. The van der Waals surface area contributed by atoms with Gasteiger partial charge in [-0.1, -0.05) is 40.2 Å². The number of benzene rings is 1. The summed E-state index contributed by atoms with van der Waals surface area (Å²) in [4.78, 5) is 2.30. The van der Waals surface area contributed by atoms with E-state index in [0.29, 0.717) is 21.0 Å². The Kier molecular flexibility index (Phi) is 5.13. The van der Waals surface area contributed by atoms with E-state index in [1.54, 1.807) is 17.8 Å². The van der Waals surface area contributed by atoms with Gasteiger partial charge in [0.1, 0.15) is 5.03 Å². The number of H-pyrrole nitrogens is 1. The number of aliphatic hydroxyl groups excluding tert-OH is 1. The summed E-state index contributed by atoms with van der Waals surface area (Å²) in [5, 5.41) is 22.3. The zero-order valence-electron chi connectivity index (χ0n) is 11.8. The van der Waals surface area contributed by atoms with Crippen molar-refractivity contribution in [3.05, 3.63) is 33.9 Å². The van der Waals surface area contributed by atoms with E-state index in [0.717, 1.165) is 36.6 Å². The predicted molar refractivity (Wildman–Crippen MR) is 89.9 cm³/mol. The summed E-state index contributed by atoms with van der Waals surface area (Å²) in [7, 11) is 0. The van der Waals surface area contributed by atoms with Crippen LogP contribution in [0.25, 0.3) is 0 Å². The highest BCUT2D eigenvalue weighted by Gasteiger charge is 2.22. The molecular formula is C14H16Cl2N4OS. The Hall–Kier alpha value is -0.950. The van der Waals surface area contributed by atoms with Gasteiger partial charge < -0.3 is 10.0 Å². The molecule has 1 fully saturated rings. The number of rotatable bonds is 4. The Morgan fingerprint density at radius 2 is 1.91 bits per heavy atom. The van der Waals surface area contributed by atoms with E-state index in [2.05, 4.69) is 20.3 Å². The first-order valence-corrected chi connectivity index (χ1v) is 8.67. The van der Waals surface area contributed by atoms with Crippen molar-refractivity contribution in [1.82, 2.24) is 15.4 Å². The first kappa shape index (κ1) is 15.9. The topological polar surface area (TPSA) is 65.0 Å². The molecule has 0 bridgehead atoms. The maximum Gasteiger partial charge on any atom is 0.144 e. The van der Waals surface area contributed by atoms with Gasteiger partial charge in [0.15, 0.2) is 0 Å². The van der Waals surface area contributed by atoms with Crippen LogP contribution in [0.1, 0.15) is 18.5 Å². The second-order valence-corrected chi connectivity index (χ2v) is 7.35. The molecule has 1 aromatic carbocycles. The zero-order chi connectivity index (χ0) is 15.5. The van der Waals surface area contributed by atoms with Crippen LogP contribution in [0.4, 0.5) is 5.69 Å². The summed E-state index contributed by atoms with van der Waals surface area (Å²) in [6.07, 6.45) is 2.07. The molecule has 22 heavy (non-hydrogen) atoms. The van der Waals surface area contributed by atoms with Crippen molar-refractivity contribution < 1.29 is 5.11 Å². The summed E-state index contributed by atoms with van der Waals surface area (Å²) in [6, 6.07) is 5.64. The molecule has 2 heterocycles. The van der Waals surface area contributed by atoms with Gasteiger partial charge >= 0.3 is 0 Å². The number of thioether (sulfide) groups is 1. The van der Waals surface area contributed by atoms with Crippen molar-refractivity contribution in [3.63, 3.8) is 0 Å². The van der Waals surface area contributed by atoms with E-state index in [4.69, 9.17) is 23.2 Å². The number of aromatic nitrogens is 3. The van der Waals surface area contributed by atoms with Crippen molar-refractivity contribution in [2.45, 2.75) is 29.7 Å². The fourth-order valence-corrected chi connectivity index (χ4v) is 4.17. The van der Waals surface area contributed by atoms with Gasteiger partial charge in [-0.3, -0.25) is 5.10 Å². The number of piperidine rings is 1. The van der Waals surface area contributed by atoms with Crippen LogP contribution in [-0.4, -0.2) is 38.9 Å². The Balaban J connectivity index is 1.60. The minimum Gasteiger partial charge on any atom is -0.390 e. The first-order valence-electron chi connectivity index (χ1n) is 7.04. The van der Waals surface area contributed by atoms with Crippen LogP contribution in [0, 0.1) is 0 Å². The van der Waals surface area contributed by atoms with Crippen LogP contribution in [0.2, 0.25) is 10.0 Å². The highest BCUT2D eigenvalue weighted by molar-refractivity contribution is 7.99. The van der Waals surface area contributed by atoms with Crippen LogP contribution in [-0.2, 0) is 6.61 Å². The molecule has 5 nitrogen and oxygen atoms in total. The van der Waals surface area contributed by atoms with Crippen molar-refractivity contribution in [2.24, 2.45) is 0 Å². The van der Waals surface area contributed by atoms with Gasteiger partial charge in [0.25, 0.3) is 0 Å². The average molecular weight is 359 g/mol. The molecule has 0 unspecified atom stereocenters. The SMILES string of the molecule is OCc1[nH]nnc1SC1CCN(c2cc(Cl)cc(Cl)c2)CC1. The van der Waals surface area contributed by atoms with Gasteiger partial charge in [-0.2, -0.15) is 0 Å². The molecule has 2 aromatic rings. The smallest absolute Gasteiger partial charge is 0.144 e. The third kappa shape index (κ3) is 3.68. The van der Waals surface area contributed by atoms with E-state index >= 15 is 0 Å². The standard InChI is InChI=1S/C14H16Cl2N4OS/c15-9-5-10(16)7-11(6-9)20-3-1-12(2-4-20)22-14-13(8-21)17-19-18-14/h5-7,12,21H,1-4,8H2,(H,17,18,19). The van der Waals surface area contributed by atoms with Crippen LogP contribution < -0.4 is 4.90 Å². The highest BCUT2D eigenvalue weighted by atomic mass is 35.5. The quantitative estimate of drug-likeness (QED) is 0.876. The Bertz CT molecular complexity index is 623. The summed E-state index contributed by atoms with van der Waals surface area (Å²) in [5.74, 6) is 0. The van der Waals surface area contributed by atoms with Gasteiger partial charge in [-0.05, 0) is 31.0 Å². The maximum atomic E-state index is 9.22. The lowest BCUT2D eigenvalue weighted by Gasteiger charge is -2.33. The average Bonchev–Trinajstić information content (AvgIpc) is 2.94. The number of aromatic amines is 1. The molecular weight excluding hydrogens is 343 g/mol. The number of halogens is 2. The molecule has 1 aliphatic heterocycles. The third-order valence-corrected chi connectivity index (χ3v) is 5.47. The highest BCUT2D eigenvalue weighted by Crippen LogP contribution is 2.33. The fourth-order valence-electron chi connectivity index (χ4n) is 2.55. The number of nitrogens with one attached hydrogen (secondary N) is 1. The van der Waals surface area contributed by atoms with Crippen LogP contribution in [0.15, 0.2) is 23.2 Å². The van der Waals surface area contributed by atoms with E-state index < -0.39 is 0 Å². The first-order chi connectivity index (χ1) is 10.7. The summed E-state index contributed by atoms with van der Waals surface area (Å²) < 4.78 is 0. The third-order valence-electron chi connectivity index (χ3n) is 3.67. The lowest BCUT2D eigenvalue weighted by molar-refractivity contribution is 0.273. The molecule has 1 aliphatic rings. The predicted octanol–water partition coefficient (Wildman–Crippen LogP) is 3.36. The van der Waals surface area contributed by atoms with Crippen LogP contribution >= 0.6 is 35.0 Å². The van der Waals surface area contributed by atoms with Crippen LogP contribution in [0.3, 0.4) is 0 Å². The number of nitrogens with zero attached hydrogens (tertiary/aromatic N) is 3. The number of hydrogen-bond donors (Lipinski definition) is 2. The largest absolute Gasteiger partial charge is 0.390 e. The molecule has 0 spiro atoms. The second-order valence-electron chi connectivity index (χ2n) is 5.19. The molecule has 1 saturated heterocycles. The van der Waals surface area contributed by atoms with Gasteiger partial charge in [0.2, 0.25) is 0 Å². The van der Waals surface area contributed by atoms with Crippen LogP contribution in [0.5, 0.6) is 0 Å². The molecule has 1 aromatic heterocycles. The Morgan fingerprint density at radius 1 is 1.23 bits per heavy atom. The van der Waals surface area contributed by atoms with E-state index in [-0.39, 0.29) is 6.61 Å². The lowest BCUT2D eigenvalue weighted by Crippen LogP contribution is -2.34. The summed E-state index contributed by atoms with van der Waals surface area (Å²) >= 11 is 13.8. The van der Waals surface area contributed by atoms with Gasteiger partial charge in [-0.15, -0.1) is 5.10 Å². The van der Waals surface area contributed by atoms with Gasteiger partial charge in [0, 0.05) is 34.1 Å². The number of hydrogen-bond acceptors (Lipinski definition) is 5. The molecule has 0 atom stereocenters. The Labute approximate surface area is 143 Å². The van der Waals surface area contributed by atoms with Gasteiger partial charge in [0.05, 0.1) is 12.3 Å². The Morgan fingerprint density at radius 3 is 2.55 bits per heavy atom. The number of aliphatic hydroxyl groups is 1. The van der Waals surface area contributed by atoms with E-state index in [9.17, 15) is 5.11 Å². The zero-order valence-corrected chi connectivity index (χ0v) is 14.1. The number of anilines is 1. The maximum absolute atomic E-state index is 9.22. The van der Waals surface area contributed by atoms with E-state index in [1.807, 2.05) is 12.1 Å². The molecule has 118 valence electrons. The van der Waals surface area contributed by atoms with Crippen molar-refractivity contribution in [1.29, 1.82) is 0 Å². The van der Waals surface area contributed by atoms with Crippen molar-refractivity contribution in [2.75, 3.05) is 18.0 Å². The molecule has 0 radical (unpaired) electrons. The normalized spacial score (nSPS) is 16.2. The molecule has 8 heteroatoms. The molecule has 0 aliphatic carbocycles. The van der Waals surface area contributed by atoms with E-state index in [1.165, 1.54) is 0 Å². The lowest BCUT2D eigenvalue weighted by atomic mass is 10.1. The van der Waals surface area contributed by atoms with Crippen molar-refractivity contribution in [3.8, 4) is 0 Å². The second kappa shape index (κ2) is 7.08. The molecule has 0 amide bonds. The fraction of sp³-hybridized carbons (Fsp3) is 0.429. The minimum absolute atomic E-state index is 0.0603. The van der Waals surface area contributed by atoms with Crippen molar-refractivity contribution >= 4 is 40.7 Å². The monoisotopic (exact) mass is 358 g/mol.